The number of halogens is 1. The highest BCUT2D eigenvalue weighted by molar-refractivity contribution is 9.10. The second-order valence-corrected chi connectivity index (χ2v) is 11.0. The molecule has 0 spiro atoms. The van der Waals surface area contributed by atoms with Crippen molar-refractivity contribution in [3.05, 3.63) is 57.9 Å². The fourth-order valence-electron chi connectivity index (χ4n) is 3.32. The lowest BCUT2D eigenvalue weighted by Crippen LogP contribution is -2.31. The summed E-state index contributed by atoms with van der Waals surface area (Å²) in [7, 11) is -3.68. The van der Waals surface area contributed by atoms with Gasteiger partial charge in [-0.1, -0.05) is 29.3 Å². The molecule has 5 nitrogen and oxygen atoms in total. The number of amides is 1. The predicted molar refractivity (Wildman–Crippen MR) is 128 cm³/mol. The van der Waals surface area contributed by atoms with Crippen LogP contribution >= 0.6 is 27.3 Å². The molecule has 0 aliphatic rings. The maximum absolute atomic E-state index is 13.2. The first kappa shape index (κ1) is 22.8. The van der Waals surface area contributed by atoms with Crippen molar-refractivity contribution in [2.75, 3.05) is 10.8 Å². The highest BCUT2D eigenvalue weighted by Crippen LogP contribution is 2.32. The molecule has 1 atom stereocenters. The number of sulfonamides is 1. The predicted octanol–water partition coefficient (Wildman–Crippen LogP) is 5.80. The van der Waals surface area contributed by atoms with Gasteiger partial charge >= 0.3 is 0 Å². The lowest BCUT2D eigenvalue weighted by molar-refractivity contribution is 0.0942. The molecule has 1 N–H and O–H groups in total. The van der Waals surface area contributed by atoms with Crippen LogP contribution in [0.5, 0.6) is 0 Å². The van der Waals surface area contributed by atoms with Crippen LogP contribution in [-0.2, 0) is 10.0 Å². The lowest BCUT2D eigenvalue weighted by atomic mass is 10.2. The Hall–Kier alpha value is -1.90. The Morgan fingerprint density at radius 3 is 2.47 bits per heavy atom. The third-order valence-electron chi connectivity index (χ3n) is 4.80. The molecule has 30 heavy (non-hydrogen) atoms. The second kappa shape index (κ2) is 9.49. The van der Waals surface area contributed by atoms with Crippen molar-refractivity contribution >= 4 is 59.0 Å². The number of benzene rings is 2. The van der Waals surface area contributed by atoms with Crippen LogP contribution < -0.4 is 9.62 Å². The summed E-state index contributed by atoms with van der Waals surface area (Å²) in [6.07, 6.45) is 1.94. The summed E-state index contributed by atoms with van der Waals surface area (Å²) in [6.45, 7) is 6.20. The highest BCUT2D eigenvalue weighted by atomic mass is 79.9. The van der Waals surface area contributed by atoms with E-state index in [0.29, 0.717) is 17.1 Å². The van der Waals surface area contributed by atoms with Crippen LogP contribution in [0.3, 0.4) is 0 Å². The summed E-state index contributed by atoms with van der Waals surface area (Å²) in [6, 6.07) is 14.1. The van der Waals surface area contributed by atoms with Gasteiger partial charge < -0.3 is 5.32 Å². The summed E-state index contributed by atoms with van der Waals surface area (Å²) in [4.78, 5) is 13.4. The topological polar surface area (TPSA) is 66.5 Å². The Morgan fingerprint density at radius 1 is 1.13 bits per heavy atom. The number of carbonyl (C=O) groups excluding carboxylic acids is 1. The third kappa shape index (κ3) is 4.87. The van der Waals surface area contributed by atoms with E-state index < -0.39 is 10.0 Å². The Balaban J connectivity index is 1.91. The van der Waals surface area contributed by atoms with Gasteiger partial charge in [0.15, 0.2) is 0 Å². The quantitative estimate of drug-likeness (QED) is 0.418. The number of hydrogen-bond donors (Lipinski definition) is 1. The van der Waals surface area contributed by atoms with E-state index >= 15 is 0 Å². The molecule has 0 saturated carbocycles. The van der Waals surface area contributed by atoms with E-state index in [2.05, 4.69) is 28.2 Å². The number of carbonyl (C=O) groups is 1. The van der Waals surface area contributed by atoms with Crippen LogP contribution in [0.1, 0.15) is 43.3 Å². The van der Waals surface area contributed by atoms with Gasteiger partial charge in [-0.2, -0.15) is 0 Å². The van der Waals surface area contributed by atoms with E-state index in [1.807, 2.05) is 32.0 Å². The van der Waals surface area contributed by atoms with Gasteiger partial charge in [-0.05, 0) is 74.2 Å². The Kier molecular flexibility index (Phi) is 7.21. The summed E-state index contributed by atoms with van der Waals surface area (Å²) in [5.41, 5.74) is 0.581. The molecular weight excluding hydrogens is 484 g/mol. The maximum atomic E-state index is 13.2. The van der Waals surface area contributed by atoms with Crippen LogP contribution in [0.2, 0.25) is 0 Å². The molecular formula is C22H25BrN2O3S2. The summed E-state index contributed by atoms with van der Waals surface area (Å²) in [5.74, 6) is -0.0893. The molecule has 8 heteroatoms. The molecule has 0 bridgehead atoms. The van der Waals surface area contributed by atoms with E-state index in [9.17, 15) is 13.2 Å². The molecule has 160 valence electrons. The number of anilines is 1. The number of nitrogens with one attached hydrogen (secondary N) is 1. The molecule has 0 aliphatic heterocycles. The van der Waals surface area contributed by atoms with Crippen LogP contribution in [0.15, 0.2) is 57.9 Å². The molecule has 0 radical (unpaired) electrons. The molecule has 0 aliphatic carbocycles. The first-order valence-corrected chi connectivity index (χ1v) is 12.9. The van der Waals surface area contributed by atoms with E-state index in [-0.39, 0.29) is 16.8 Å². The molecule has 1 aromatic heterocycles. The number of rotatable bonds is 8. The second-order valence-electron chi connectivity index (χ2n) is 7.12. The molecule has 2 aromatic carbocycles. The van der Waals surface area contributed by atoms with E-state index in [1.54, 1.807) is 30.3 Å². The number of fused-ring (bicyclic) bond motifs is 1. The van der Waals surface area contributed by atoms with Gasteiger partial charge in [0, 0.05) is 21.8 Å². The van der Waals surface area contributed by atoms with Crippen molar-refractivity contribution in [2.24, 2.45) is 0 Å². The Morgan fingerprint density at radius 2 is 1.83 bits per heavy atom. The van der Waals surface area contributed by atoms with Crippen LogP contribution in [-0.4, -0.2) is 26.9 Å². The van der Waals surface area contributed by atoms with Crippen LogP contribution in [0, 0.1) is 0 Å². The Bertz CT molecular complexity index is 1140. The SMILES string of the molecule is CCC[C@H](C)NC(=O)c1cc2cc(N(CC)S(=O)(=O)c3ccc(Br)cc3)ccc2s1. The molecule has 3 rings (SSSR count). The standard InChI is InChI=1S/C22H25BrN2O3S2/c1-4-6-15(3)24-22(26)21-14-16-13-18(9-12-20(16)29-21)25(5-2)30(27,28)19-10-7-17(23)8-11-19/h7-15H,4-6H2,1-3H3,(H,24,26)/t15-/m0/s1. The summed E-state index contributed by atoms with van der Waals surface area (Å²) in [5, 5.41) is 3.87. The monoisotopic (exact) mass is 508 g/mol. The van der Waals surface area contributed by atoms with Crippen molar-refractivity contribution in [3.63, 3.8) is 0 Å². The molecule has 0 saturated heterocycles. The highest BCUT2D eigenvalue weighted by Gasteiger charge is 2.24. The first-order chi connectivity index (χ1) is 14.3. The molecule has 0 fully saturated rings. The zero-order valence-corrected chi connectivity index (χ0v) is 20.4. The van der Waals surface area contributed by atoms with E-state index in [1.165, 1.54) is 15.6 Å². The van der Waals surface area contributed by atoms with Gasteiger partial charge in [-0.15, -0.1) is 11.3 Å². The summed E-state index contributed by atoms with van der Waals surface area (Å²) >= 11 is 4.75. The van der Waals surface area contributed by atoms with Gasteiger partial charge in [0.1, 0.15) is 0 Å². The largest absolute Gasteiger partial charge is 0.349 e. The van der Waals surface area contributed by atoms with Crippen molar-refractivity contribution in [1.82, 2.24) is 5.32 Å². The van der Waals surface area contributed by atoms with E-state index in [0.717, 1.165) is 27.4 Å². The Labute approximate surface area is 190 Å². The minimum absolute atomic E-state index is 0.0893. The van der Waals surface area contributed by atoms with Crippen LogP contribution in [0.25, 0.3) is 10.1 Å². The number of nitrogens with zero attached hydrogens (tertiary/aromatic N) is 1. The maximum Gasteiger partial charge on any atom is 0.264 e. The van der Waals surface area contributed by atoms with Crippen molar-refractivity contribution in [3.8, 4) is 0 Å². The minimum Gasteiger partial charge on any atom is -0.349 e. The van der Waals surface area contributed by atoms with Gasteiger partial charge in [0.25, 0.3) is 15.9 Å². The zero-order chi connectivity index (χ0) is 21.9. The molecule has 3 aromatic rings. The molecule has 1 amide bonds. The van der Waals surface area contributed by atoms with Gasteiger partial charge in [-0.3, -0.25) is 9.10 Å². The molecule has 1 heterocycles. The fraction of sp³-hybridized carbons (Fsp3) is 0.318. The van der Waals surface area contributed by atoms with E-state index in [4.69, 9.17) is 0 Å². The zero-order valence-electron chi connectivity index (χ0n) is 17.2. The smallest absolute Gasteiger partial charge is 0.264 e. The normalized spacial score (nSPS) is 12.7. The lowest BCUT2D eigenvalue weighted by Gasteiger charge is -2.23. The average Bonchev–Trinajstić information content (AvgIpc) is 3.12. The third-order valence-corrected chi connectivity index (χ3v) is 8.36. The number of thiophene rings is 1. The first-order valence-electron chi connectivity index (χ1n) is 9.89. The van der Waals surface area contributed by atoms with Gasteiger partial charge in [-0.25, -0.2) is 8.42 Å². The van der Waals surface area contributed by atoms with Crippen molar-refractivity contribution in [2.45, 2.75) is 44.6 Å². The van der Waals surface area contributed by atoms with Crippen LogP contribution in [0.4, 0.5) is 5.69 Å². The minimum atomic E-state index is -3.68. The fourth-order valence-corrected chi connectivity index (χ4v) is 6.00. The average molecular weight is 509 g/mol. The van der Waals surface area contributed by atoms with Gasteiger partial charge in [0.05, 0.1) is 15.5 Å². The number of hydrogen-bond acceptors (Lipinski definition) is 4. The van der Waals surface area contributed by atoms with Crippen molar-refractivity contribution in [1.29, 1.82) is 0 Å². The molecule has 0 unspecified atom stereocenters. The van der Waals surface area contributed by atoms with Crippen molar-refractivity contribution < 1.29 is 13.2 Å². The summed E-state index contributed by atoms with van der Waals surface area (Å²) < 4.78 is 29.5. The van der Waals surface area contributed by atoms with Gasteiger partial charge in [0.2, 0.25) is 0 Å².